The number of fused-ring (bicyclic) bond motifs is 1. The molecule has 0 aliphatic heterocycles. The minimum absolute atomic E-state index is 0.105. The standard InChI is InChI=1S/C27H26O/c1-20(6-4-7-21-12-14-22(19-28)15-13-21)24-9-5-10-25(18-24)27-17-16-23-8-2-3-11-26(23)27/h2-3,5,8-15,17-18,28H,1,4,6-7,16,19H2. The lowest BCUT2D eigenvalue weighted by Crippen LogP contribution is -1.92. The van der Waals surface area contributed by atoms with Crippen LogP contribution in [-0.2, 0) is 19.4 Å². The number of hydrogen-bond donors (Lipinski definition) is 1. The molecule has 1 heteroatoms. The third kappa shape index (κ3) is 4.00. The molecule has 0 spiro atoms. The van der Waals surface area contributed by atoms with Gasteiger partial charge in [-0.05, 0) is 76.3 Å². The molecule has 3 aromatic rings. The van der Waals surface area contributed by atoms with E-state index in [1.54, 1.807) is 0 Å². The summed E-state index contributed by atoms with van der Waals surface area (Å²) in [5, 5.41) is 9.14. The molecule has 140 valence electrons. The Labute approximate surface area is 167 Å². The van der Waals surface area contributed by atoms with E-state index in [2.05, 4.69) is 73.3 Å². The van der Waals surface area contributed by atoms with E-state index in [1.165, 1.54) is 39.0 Å². The van der Waals surface area contributed by atoms with Crippen molar-refractivity contribution in [3.63, 3.8) is 0 Å². The molecule has 3 aromatic carbocycles. The summed E-state index contributed by atoms with van der Waals surface area (Å²) < 4.78 is 0. The van der Waals surface area contributed by atoms with Gasteiger partial charge in [0.25, 0.3) is 0 Å². The number of aliphatic hydroxyl groups excluding tert-OH is 1. The van der Waals surface area contributed by atoms with Crippen molar-refractivity contribution in [1.82, 2.24) is 0 Å². The highest BCUT2D eigenvalue weighted by Gasteiger charge is 2.15. The molecule has 0 amide bonds. The zero-order valence-electron chi connectivity index (χ0n) is 16.2. The molecule has 0 fully saturated rings. The van der Waals surface area contributed by atoms with Crippen LogP contribution in [0.15, 0.2) is 85.5 Å². The Morgan fingerprint density at radius 3 is 2.50 bits per heavy atom. The topological polar surface area (TPSA) is 20.2 Å². The summed E-state index contributed by atoms with van der Waals surface area (Å²) in [5.41, 5.74) is 10.1. The Bertz CT molecular complexity index is 1010. The first-order valence-corrected chi connectivity index (χ1v) is 10.0. The average molecular weight is 367 g/mol. The van der Waals surface area contributed by atoms with Crippen LogP contribution in [0, 0.1) is 0 Å². The zero-order chi connectivity index (χ0) is 19.3. The minimum Gasteiger partial charge on any atom is -0.392 e. The summed E-state index contributed by atoms with van der Waals surface area (Å²) in [7, 11) is 0. The Morgan fingerprint density at radius 2 is 1.68 bits per heavy atom. The lowest BCUT2D eigenvalue weighted by molar-refractivity contribution is 0.282. The van der Waals surface area contributed by atoms with Crippen molar-refractivity contribution in [2.45, 2.75) is 32.3 Å². The quantitative estimate of drug-likeness (QED) is 0.527. The second-order valence-electron chi connectivity index (χ2n) is 7.49. The summed E-state index contributed by atoms with van der Waals surface area (Å²) in [6, 6.07) is 25.7. The highest BCUT2D eigenvalue weighted by atomic mass is 16.3. The number of benzene rings is 3. The third-order valence-electron chi connectivity index (χ3n) is 5.57. The van der Waals surface area contributed by atoms with E-state index in [-0.39, 0.29) is 6.61 Å². The first kappa shape index (κ1) is 18.5. The van der Waals surface area contributed by atoms with Crippen LogP contribution < -0.4 is 0 Å². The van der Waals surface area contributed by atoms with E-state index in [1.807, 2.05) is 12.1 Å². The van der Waals surface area contributed by atoms with Gasteiger partial charge in [0.1, 0.15) is 0 Å². The Balaban J connectivity index is 1.41. The van der Waals surface area contributed by atoms with Crippen molar-refractivity contribution in [1.29, 1.82) is 0 Å². The molecule has 0 heterocycles. The summed E-state index contributed by atoms with van der Waals surface area (Å²) >= 11 is 0. The van der Waals surface area contributed by atoms with Crippen LogP contribution >= 0.6 is 0 Å². The summed E-state index contributed by atoms with van der Waals surface area (Å²) in [6.07, 6.45) is 6.45. The SMILES string of the molecule is C=C(CCCc1ccc(CO)cc1)c1cccc(C2=CCc3ccccc32)c1. The molecule has 0 aromatic heterocycles. The van der Waals surface area contributed by atoms with E-state index in [0.717, 1.165) is 31.2 Å². The molecule has 28 heavy (non-hydrogen) atoms. The second-order valence-corrected chi connectivity index (χ2v) is 7.49. The number of rotatable bonds is 7. The molecule has 0 radical (unpaired) electrons. The maximum atomic E-state index is 9.14. The largest absolute Gasteiger partial charge is 0.392 e. The van der Waals surface area contributed by atoms with Crippen molar-refractivity contribution in [2.24, 2.45) is 0 Å². The molecule has 0 saturated heterocycles. The van der Waals surface area contributed by atoms with Gasteiger partial charge in [0.2, 0.25) is 0 Å². The monoisotopic (exact) mass is 366 g/mol. The molecule has 1 N–H and O–H groups in total. The van der Waals surface area contributed by atoms with Crippen LogP contribution in [0.1, 0.15) is 46.2 Å². The van der Waals surface area contributed by atoms with Crippen molar-refractivity contribution in [3.8, 4) is 0 Å². The summed E-state index contributed by atoms with van der Waals surface area (Å²) in [4.78, 5) is 0. The fourth-order valence-corrected chi connectivity index (χ4v) is 3.92. The van der Waals surface area contributed by atoms with Crippen LogP contribution in [-0.4, -0.2) is 5.11 Å². The summed E-state index contributed by atoms with van der Waals surface area (Å²) in [5.74, 6) is 0. The van der Waals surface area contributed by atoms with E-state index in [4.69, 9.17) is 5.11 Å². The number of allylic oxidation sites excluding steroid dienone is 2. The van der Waals surface area contributed by atoms with Crippen LogP contribution in [0.4, 0.5) is 0 Å². The molecular weight excluding hydrogens is 340 g/mol. The zero-order valence-corrected chi connectivity index (χ0v) is 16.2. The van der Waals surface area contributed by atoms with E-state index in [0.29, 0.717) is 0 Å². The number of aryl methyl sites for hydroxylation is 1. The summed E-state index contributed by atoms with van der Waals surface area (Å²) in [6.45, 7) is 4.45. The molecule has 0 atom stereocenters. The van der Waals surface area contributed by atoms with Crippen molar-refractivity contribution >= 4 is 11.1 Å². The van der Waals surface area contributed by atoms with Gasteiger partial charge in [0.15, 0.2) is 0 Å². The van der Waals surface area contributed by atoms with Crippen molar-refractivity contribution < 1.29 is 5.11 Å². The van der Waals surface area contributed by atoms with Gasteiger partial charge in [0, 0.05) is 0 Å². The average Bonchev–Trinajstić information content (AvgIpc) is 3.18. The first-order chi connectivity index (χ1) is 13.7. The van der Waals surface area contributed by atoms with Gasteiger partial charge in [-0.25, -0.2) is 0 Å². The lowest BCUT2D eigenvalue weighted by Gasteiger charge is -2.11. The van der Waals surface area contributed by atoms with Crippen molar-refractivity contribution in [2.75, 3.05) is 0 Å². The minimum atomic E-state index is 0.105. The fourth-order valence-electron chi connectivity index (χ4n) is 3.92. The molecule has 4 rings (SSSR count). The number of aliphatic hydroxyl groups is 1. The van der Waals surface area contributed by atoms with E-state index >= 15 is 0 Å². The maximum Gasteiger partial charge on any atom is 0.0681 e. The lowest BCUT2D eigenvalue weighted by atomic mass is 9.94. The van der Waals surface area contributed by atoms with E-state index < -0.39 is 0 Å². The second kappa shape index (κ2) is 8.41. The van der Waals surface area contributed by atoms with Gasteiger partial charge in [-0.1, -0.05) is 79.4 Å². The predicted octanol–water partition coefficient (Wildman–Crippen LogP) is 6.20. The predicted molar refractivity (Wildman–Crippen MR) is 118 cm³/mol. The highest BCUT2D eigenvalue weighted by Crippen LogP contribution is 2.33. The Morgan fingerprint density at radius 1 is 0.893 bits per heavy atom. The van der Waals surface area contributed by atoms with Gasteiger partial charge in [0.05, 0.1) is 6.61 Å². The van der Waals surface area contributed by atoms with E-state index in [9.17, 15) is 0 Å². The van der Waals surface area contributed by atoms with Gasteiger partial charge >= 0.3 is 0 Å². The maximum absolute atomic E-state index is 9.14. The highest BCUT2D eigenvalue weighted by molar-refractivity contribution is 5.85. The van der Waals surface area contributed by atoms with Crippen LogP contribution in [0.25, 0.3) is 11.1 Å². The number of hydrogen-bond acceptors (Lipinski definition) is 1. The molecule has 0 unspecified atom stereocenters. The Kier molecular flexibility index (Phi) is 5.55. The molecule has 1 aliphatic rings. The van der Waals surface area contributed by atoms with Crippen LogP contribution in [0.2, 0.25) is 0 Å². The third-order valence-corrected chi connectivity index (χ3v) is 5.57. The molecule has 1 aliphatic carbocycles. The fraction of sp³-hybridized carbons (Fsp3) is 0.185. The Hall–Kier alpha value is -2.90. The molecule has 1 nitrogen and oxygen atoms in total. The smallest absolute Gasteiger partial charge is 0.0681 e. The molecular formula is C27H26O. The van der Waals surface area contributed by atoms with Crippen molar-refractivity contribution in [3.05, 3.63) is 119 Å². The van der Waals surface area contributed by atoms with Gasteiger partial charge in [-0.3, -0.25) is 0 Å². The normalized spacial score (nSPS) is 12.5. The van der Waals surface area contributed by atoms with Crippen LogP contribution in [0.5, 0.6) is 0 Å². The first-order valence-electron chi connectivity index (χ1n) is 10.0. The van der Waals surface area contributed by atoms with Gasteiger partial charge < -0.3 is 5.11 Å². The van der Waals surface area contributed by atoms with Crippen LogP contribution in [0.3, 0.4) is 0 Å². The molecule has 0 saturated carbocycles. The van der Waals surface area contributed by atoms with Gasteiger partial charge in [-0.2, -0.15) is 0 Å². The molecule has 0 bridgehead atoms. The van der Waals surface area contributed by atoms with Gasteiger partial charge in [-0.15, -0.1) is 0 Å².